The molecule has 0 aromatic heterocycles. The van der Waals surface area contributed by atoms with E-state index in [1.807, 2.05) is 50.1 Å². The molecule has 0 spiro atoms. The molecule has 4 rings (SSSR count). The normalized spacial score (nSPS) is 20.4. The molecule has 0 N–H and O–H groups in total. The van der Waals surface area contributed by atoms with Crippen LogP contribution in [0.25, 0.3) is 0 Å². The highest BCUT2D eigenvalue weighted by atomic mass is 32.2. The molecule has 6 nitrogen and oxygen atoms in total. The van der Waals surface area contributed by atoms with Crippen LogP contribution in [0.2, 0.25) is 0 Å². The maximum atomic E-state index is 12.8. The lowest BCUT2D eigenvalue weighted by molar-refractivity contribution is -0.114. The van der Waals surface area contributed by atoms with Crippen LogP contribution in [0.15, 0.2) is 65.2 Å². The molecule has 2 heterocycles. The van der Waals surface area contributed by atoms with Crippen molar-refractivity contribution in [2.45, 2.75) is 24.2 Å². The third-order valence-corrected chi connectivity index (χ3v) is 7.24. The number of rotatable bonds is 3. The zero-order valence-electron chi connectivity index (χ0n) is 15.8. The summed E-state index contributed by atoms with van der Waals surface area (Å²) in [5, 5.41) is 0. The Kier molecular flexibility index (Phi) is 3.97. The summed E-state index contributed by atoms with van der Waals surface area (Å²) in [5.41, 5.74) is 2.56. The summed E-state index contributed by atoms with van der Waals surface area (Å²) in [4.78, 5) is 27.2. The van der Waals surface area contributed by atoms with E-state index in [4.69, 9.17) is 0 Å². The van der Waals surface area contributed by atoms with Gasteiger partial charge in [0.25, 0.3) is 15.9 Å². The SMILES string of the molecule is CN1/C(=C\C(=O)CN2C(=O)c3ccccc3S2(=O)=O)C(C)(C)c2ccccc21. The summed E-state index contributed by atoms with van der Waals surface area (Å²) in [6, 6.07) is 13.9. The van der Waals surface area contributed by atoms with E-state index < -0.39 is 33.7 Å². The number of para-hydroxylation sites is 1. The van der Waals surface area contributed by atoms with Gasteiger partial charge < -0.3 is 4.90 Å². The van der Waals surface area contributed by atoms with Gasteiger partial charge in [-0.25, -0.2) is 12.7 Å². The Hall–Kier alpha value is -2.93. The quantitative estimate of drug-likeness (QED) is 0.746. The number of anilines is 1. The minimum Gasteiger partial charge on any atom is -0.347 e. The van der Waals surface area contributed by atoms with Crippen molar-refractivity contribution in [2.24, 2.45) is 0 Å². The molecule has 0 unspecified atom stereocenters. The van der Waals surface area contributed by atoms with Gasteiger partial charge in [0.05, 0.1) is 5.56 Å². The maximum Gasteiger partial charge on any atom is 0.269 e. The van der Waals surface area contributed by atoms with E-state index in [9.17, 15) is 18.0 Å². The summed E-state index contributed by atoms with van der Waals surface area (Å²) in [6.45, 7) is 3.52. The standard InChI is InChI=1S/C21H20N2O4S/c1-21(2)16-9-5-6-10-17(16)22(3)19(21)12-14(24)13-23-20(25)15-8-4-7-11-18(15)28(23,26)27/h4-12H,13H2,1-3H3/b19-12-. The number of ketones is 1. The molecular weight excluding hydrogens is 376 g/mol. The maximum absolute atomic E-state index is 12.8. The van der Waals surface area contributed by atoms with Crippen molar-refractivity contribution in [2.75, 3.05) is 18.5 Å². The first-order chi connectivity index (χ1) is 13.2. The number of benzene rings is 2. The van der Waals surface area contributed by atoms with Gasteiger partial charge in [0.1, 0.15) is 11.4 Å². The molecule has 0 fully saturated rings. The molecule has 2 aliphatic heterocycles. The van der Waals surface area contributed by atoms with Gasteiger partial charge in [0, 0.05) is 29.9 Å². The lowest BCUT2D eigenvalue weighted by Crippen LogP contribution is -2.35. The van der Waals surface area contributed by atoms with Crippen LogP contribution in [0.4, 0.5) is 5.69 Å². The van der Waals surface area contributed by atoms with E-state index in [0.717, 1.165) is 16.9 Å². The fraction of sp³-hybridized carbons (Fsp3) is 0.238. The molecule has 2 aromatic rings. The van der Waals surface area contributed by atoms with Gasteiger partial charge in [-0.3, -0.25) is 9.59 Å². The van der Waals surface area contributed by atoms with Crippen molar-refractivity contribution in [3.05, 3.63) is 71.4 Å². The van der Waals surface area contributed by atoms with Gasteiger partial charge in [0.2, 0.25) is 0 Å². The van der Waals surface area contributed by atoms with E-state index in [1.54, 1.807) is 12.1 Å². The topological polar surface area (TPSA) is 74.8 Å². The number of amides is 1. The van der Waals surface area contributed by atoms with Crippen LogP contribution >= 0.6 is 0 Å². The second-order valence-corrected chi connectivity index (χ2v) is 9.34. The first kappa shape index (κ1) is 18.4. The average molecular weight is 396 g/mol. The summed E-state index contributed by atoms with van der Waals surface area (Å²) in [5.74, 6) is -1.10. The Labute approximate surface area is 164 Å². The van der Waals surface area contributed by atoms with Gasteiger partial charge >= 0.3 is 0 Å². The highest BCUT2D eigenvalue weighted by Gasteiger charge is 2.42. The Bertz CT molecular complexity index is 1150. The van der Waals surface area contributed by atoms with Crippen LogP contribution in [0, 0.1) is 0 Å². The molecule has 0 radical (unpaired) electrons. The first-order valence-electron chi connectivity index (χ1n) is 8.90. The van der Waals surface area contributed by atoms with E-state index in [0.29, 0.717) is 4.31 Å². The van der Waals surface area contributed by atoms with Gasteiger partial charge in [-0.1, -0.05) is 44.2 Å². The molecular formula is C21H20N2O4S. The Balaban J connectivity index is 1.65. The van der Waals surface area contributed by atoms with E-state index in [-0.39, 0.29) is 10.5 Å². The van der Waals surface area contributed by atoms with Crippen LogP contribution in [-0.2, 0) is 20.2 Å². The third kappa shape index (κ3) is 2.50. The lowest BCUT2D eigenvalue weighted by Gasteiger charge is -2.24. The van der Waals surface area contributed by atoms with Crippen LogP contribution in [0.3, 0.4) is 0 Å². The monoisotopic (exact) mass is 396 g/mol. The minimum atomic E-state index is -4.00. The summed E-state index contributed by atoms with van der Waals surface area (Å²) in [6.07, 6.45) is 1.45. The molecule has 0 atom stereocenters. The van der Waals surface area contributed by atoms with Crippen LogP contribution in [0.1, 0.15) is 29.8 Å². The lowest BCUT2D eigenvalue weighted by atomic mass is 9.83. The summed E-state index contributed by atoms with van der Waals surface area (Å²) >= 11 is 0. The van der Waals surface area contributed by atoms with Crippen LogP contribution in [0.5, 0.6) is 0 Å². The predicted octanol–water partition coefficient (Wildman–Crippen LogP) is 2.71. The molecule has 1 amide bonds. The highest BCUT2D eigenvalue weighted by molar-refractivity contribution is 7.90. The molecule has 144 valence electrons. The van der Waals surface area contributed by atoms with Crippen LogP contribution in [-0.4, -0.2) is 38.0 Å². The van der Waals surface area contributed by atoms with Gasteiger partial charge in [-0.15, -0.1) is 0 Å². The van der Waals surface area contributed by atoms with E-state index in [1.165, 1.54) is 18.2 Å². The average Bonchev–Trinajstić information content (AvgIpc) is 2.98. The Morgan fingerprint density at radius 1 is 1.07 bits per heavy atom. The largest absolute Gasteiger partial charge is 0.347 e. The van der Waals surface area contributed by atoms with Crippen molar-refractivity contribution >= 4 is 27.4 Å². The third-order valence-electron chi connectivity index (χ3n) is 5.45. The number of nitrogens with zero attached hydrogens (tertiary/aromatic N) is 2. The highest BCUT2D eigenvalue weighted by Crippen LogP contribution is 2.46. The molecule has 2 aliphatic rings. The number of carbonyl (C=O) groups excluding carboxylic acids is 2. The Morgan fingerprint density at radius 3 is 2.39 bits per heavy atom. The van der Waals surface area contributed by atoms with Crippen molar-refractivity contribution in [1.29, 1.82) is 0 Å². The van der Waals surface area contributed by atoms with Crippen molar-refractivity contribution in [3.8, 4) is 0 Å². The number of allylic oxidation sites excluding steroid dienone is 1. The van der Waals surface area contributed by atoms with Gasteiger partial charge in [0.15, 0.2) is 5.78 Å². The molecule has 0 bridgehead atoms. The first-order valence-corrected chi connectivity index (χ1v) is 10.3. The second kappa shape index (κ2) is 6.04. The summed E-state index contributed by atoms with van der Waals surface area (Å²) in [7, 11) is -2.12. The zero-order chi connectivity index (χ0) is 20.3. The number of hydrogen-bond donors (Lipinski definition) is 0. The molecule has 2 aromatic carbocycles. The number of sulfonamides is 1. The van der Waals surface area contributed by atoms with Gasteiger partial charge in [-0.05, 0) is 23.8 Å². The summed E-state index contributed by atoms with van der Waals surface area (Å²) < 4.78 is 26.0. The molecule has 0 aliphatic carbocycles. The fourth-order valence-corrected chi connectivity index (χ4v) is 5.52. The van der Waals surface area contributed by atoms with Crippen LogP contribution < -0.4 is 4.90 Å². The predicted molar refractivity (Wildman–Crippen MR) is 106 cm³/mol. The molecule has 0 saturated heterocycles. The smallest absolute Gasteiger partial charge is 0.269 e. The van der Waals surface area contributed by atoms with E-state index >= 15 is 0 Å². The minimum absolute atomic E-state index is 0.0498. The number of carbonyl (C=O) groups is 2. The fourth-order valence-electron chi connectivity index (χ4n) is 3.99. The second-order valence-electron chi connectivity index (χ2n) is 7.51. The van der Waals surface area contributed by atoms with E-state index in [2.05, 4.69) is 0 Å². The number of hydrogen-bond acceptors (Lipinski definition) is 5. The van der Waals surface area contributed by atoms with Gasteiger partial charge in [-0.2, -0.15) is 0 Å². The zero-order valence-corrected chi connectivity index (χ0v) is 16.7. The Morgan fingerprint density at radius 2 is 1.71 bits per heavy atom. The molecule has 7 heteroatoms. The molecule has 0 saturated carbocycles. The van der Waals surface area contributed by atoms with Crippen molar-refractivity contribution in [1.82, 2.24) is 4.31 Å². The van der Waals surface area contributed by atoms with Crippen molar-refractivity contribution < 1.29 is 18.0 Å². The molecule has 28 heavy (non-hydrogen) atoms. The van der Waals surface area contributed by atoms with Crippen molar-refractivity contribution in [3.63, 3.8) is 0 Å². The number of fused-ring (bicyclic) bond motifs is 2. The number of likely N-dealkylation sites (N-methyl/N-ethyl adjacent to an activating group) is 1.